The van der Waals surface area contributed by atoms with E-state index in [2.05, 4.69) is 20.0 Å². The maximum atomic E-state index is 13.4. The van der Waals surface area contributed by atoms with Crippen molar-refractivity contribution in [1.82, 2.24) is 34.0 Å². The fourth-order valence-electron chi connectivity index (χ4n) is 6.04. The standard InChI is InChI=1S/C30H37N7O5S2/c1-21-8-10-22(11-9-21)20-37-29-27(33-35-37)30(38)32-28(31-29)23-16-18-36(19-17-23)44(41,42)26-14-12-25(13-15-26)43(39,40)34-24-6-4-2-3-5-7-24/h8-15,23-24,34H,2-7,16-20H2,1H3,(H,31,32,38). The number of aryl methyl sites for hydroxylation is 1. The second-order valence-corrected chi connectivity index (χ2v) is 15.5. The van der Waals surface area contributed by atoms with Crippen LogP contribution in [0.5, 0.6) is 0 Å². The minimum Gasteiger partial charge on any atom is -0.308 e. The van der Waals surface area contributed by atoms with Crippen LogP contribution in [-0.4, -0.2) is 65.2 Å². The highest BCUT2D eigenvalue weighted by Crippen LogP contribution is 2.30. The molecule has 0 bridgehead atoms. The van der Waals surface area contributed by atoms with Crippen LogP contribution in [0.2, 0.25) is 0 Å². The van der Waals surface area contributed by atoms with Gasteiger partial charge in [0.05, 0.1) is 16.3 Å². The van der Waals surface area contributed by atoms with E-state index < -0.39 is 20.0 Å². The second-order valence-electron chi connectivity index (χ2n) is 11.8. The molecule has 0 spiro atoms. The summed E-state index contributed by atoms with van der Waals surface area (Å²) in [5.41, 5.74) is 2.33. The van der Waals surface area contributed by atoms with Gasteiger partial charge in [0, 0.05) is 25.0 Å². The van der Waals surface area contributed by atoms with Crippen molar-refractivity contribution < 1.29 is 16.8 Å². The highest BCUT2D eigenvalue weighted by atomic mass is 32.2. The third-order valence-corrected chi connectivity index (χ3v) is 12.1. The summed E-state index contributed by atoms with van der Waals surface area (Å²) in [6.07, 6.45) is 6.78. The summed E-state index contributed by atoms with van der Waals surface area (Å²) in [5, 5.41) is 8.17. The van der Waals surface area contributed by atoms with Crippen LogP contribution in [0.15, 0.2) is 63.1 Å². The summed E-state index contributed by atoms with van der Waals surface area (Å²) in [6.45, 7) is 2.90. The van der Waals surface area contributed by atoms with E-state index in [0.717, 1.165) is 49.7 Å². The summed E-state index contributed by atoms with van der Waals surface area (Å²) in [4.78, 5) is 20.5. The number of piperidine rings is 1. The van der Waals surface area contributed by atoms with Gasteiger partial charge in [0.15, 0.2) is 11.2 Å². The van der Waals surface area contributed by atoms with E-state index in [1.165, 1.54) is 28.6 Å². The van der Waals surface area contributed by atoms with Crippen LogP contribution in [0.1, 0.15) is 74.2 Å². The number of sulfonamides is 2. The van der Waals surface area contributed by atoms with Gasteiger partial charge in [-0.15, -0.1) is 5.10 Å². The number of aromatic nitrogens is 5. The summed E-state index contributed by atoms with van der Waals surface area (Å²) < 4.78 is 58.6. The summed E-state index contributed by atoms with van der Waals surface area (Å²) in [5.74, 6) is 0.339. The smallest absolute Gasteiger partial charge is 0.281 e. The third-order valence-electron chi connectivity index (χ3n) is 8.63. The minimum absolute atomic E-state index is 0.0448. The Balaban J connectivity index is 1.13. The lowest BCUT2D eigenvalue weighted by molar-refractivity contribution is 0.313. The quantitative estimate of drug-likeness (QED) is 0.277. The number of benzene rings is 2. The number of hydrogen-bond acceptors (Lipinski definition) is 8. The average Bonchev–Trinajstić information content (AvgIpc) is 3.25. The largest absolute Gasteiger partial charge is 0.308 e. The molecule has 0 radical (unpaired) electrons. The van der Waals surface area contributed by atoms with E-state index in [1.54, 1.807) is 4.68 Å². The molecule has 2 aromatic carbocycles. The number of nitrogens with zero attached hydrogens (tertiary/aromatic N) is 5. The van der Waals surface area contributed by atoms with Crippen LogP contribution >= 0.6 is 0 Å². The average molecular weight is 640 g/mol. The van der Waals surface area contributed by atoms with Gasteiger partial charge in [-0.1, -0.05) is 60.7 Å². The van der Waals surface area contributed by atoms with Crippen molar-refractivity contribution in [3.05, 3.63) is 75.8 Å². The van der Waals surface area contributed by atoms with E-state index in [0.29, 0.717) is 30.9 Å². The Morgan fingerprint density at radius 1 is 0.864 bits per heavy atom. The van der Waals surface area contributed by atoms with Crippen LogP contribution in [0.25, 0.3) is 11.2 Å². The Bertz CT molecular complexity index is 1890. The first kappa shape index (κ1) is 30.6. The van der Waals surface area contributed by atoms with Crippen molar-refractivity contribution in [2.45, 2.75) is 86.6 Å². The van der Waals surface area contributed by atoms with E-state index in [1.807, 2.05) is 31.2 Å². The predicted octanol–water partition coefficient (Wildman–Crippen LogP) is 3.44. The number of H-pyrrole nitrogens is 1. The predicted molar refractivity (Wildman–Crippen MR) is 165 cm³/mol. The molecular weight excluding hydrogens is 603 g/mol. The SMILES string of the molecule is Cc1ccc(Cn2nnc3c(=O)[nH]c(C4CCN(S(=O)(=O)c5ccc(S(=O)(=O)NC6CCCCCC6)cc5)CC4)nc32)cc1. The van der Waals surface area contributed by atoms with Crippen molar-refractivity contribution in [3.63, 3.8) is 0 Å². The molecule has 12 nitrogen and oxygen atoms in total. The van der Waals surface area contributed by atoms with Crippen molar-refractivity contribution in [3.8, 4) is 0 Å². The Labute approximate surface area is 257 Å². The summed E-state index contributed by atoms with van der Waals surface area (Å²) in [7, 11) is -7.58. The molecule has 3 heterocycles. The number of fused-ring (bicyclic) bond motifs is 1. The number of aromatic amines is 1. The maximum Gasteiger partial charge on any atom is 0.281 e. The molecule has 1 aliphatic carbocycles. The zero-order valence-corrected chi connectivity index (χ0v) is 26.3. The first-order valence-electron chi connectivity index (χ1n) is 15.1. The van der Waals surface area contributed by atoms with Crippen LogP contribution < -0.4 is 10.3 Å². The Morgan fingerprint density at radius 3 is 2.16 bits per heavy atom. The normalized spacial score (nSPS) is 18.0. The maximum absolute atomic E-state index is 13.4. The van der Waals surface area contributed by atoms with Crippen molar-refractivity contribution in [1.29, 1.82) is 0 Å². The zero-order chi connectivity index (χ0) is 30.9. The monoisotopic (exact) mass is 639 g/mol. The lowest BCUT2D eigenvalue weighted by Gasteiger charge is -2.30. The van der Waals surface area contributed by atoms with E-state index >= 15 is 0 Å². The lowest BCUT2D eigenvalue weighted by Crippen LogP contribution is -2.38. The molecule has 2 aliphatic rings. The van der Waals surface area contributed by atoms with Crippen LogP contribution in [0, 0.1) is 6.92 Å². The van der Waals surface area contributed by atoms with E-state index in [-0.39, 0.29) is 45.9 Å². The molecule has 6 rings (SSSR count). The fourth-order valence-corrected chi connectivity index (χ4v) is 8.82. The molecule has 0 atom stereocenters. The molecule has 1 saturated carbocycles. The lowest BCUT2D eigenvalue weighted by atomic mass is 9.97. The van der Waals surface area contributed by atoms with Gasteiger partial charge in [-0.2, -0.15) is 4.31 Å². The number of rotatable bonds is 8. The van der Waals surface area contributed by atoms with Gasteiger partial charge in [0.2, 0.25) is 20.0 Å². The van der Waals surface area contributed by atoms with Gasteiger partial charge in [-0.3, -0.25) is 4.79 Å². The molecule has 44 heavy (non-hydrogen) atoms. The van der Waals surface area contributed by atoms with Gasteiger partial charge in [-0.05, 0) is 62.4 Å². The van der Waals surface area contributed by atoms with Crippen LogP contribution in [-0.2, 0) is 26.6 Å². The molecule has 2 N–H and O–H groups in total. The molecule has 234 valence electrons. The third kappa shape index (κ3) is 6.48. The molecule has 0 amide bonds. The summed E-state index contributed by atoms with van der Waals surface area (Å²) in [6, 6.07) is 13.3. The number of nitrogens with one attached hydrogen (secondary N) is 2. The highest BCUT2D eigenvalue weighted by Gasteiger charge is 2.32. The Morgan fingerprint density at radius 2 is 1.50 bits per heavy atom. The molecule has 2 fully saturated rings. The molecule has 14 heteroatoms. The van der Waals surface area contributed by atoms with E-state index in [4.69, 9.17) is 4.98 Å². The Kier molecular flexibility index (Phi) is 8.68. The van der Waals surface area contributed by atoms with Gasteiger partial charge in [0.1, 0.15) is 5.82 Å². The van der Waals surface area contributed by atoms with Crippen molar-refractivity contribution in [2.24, 2.45) is 0 Å². The molecule has 1 aliphatic heterocycles. The topological polar surface area (TPSA) is 160 Å². The highest BCUT2D eigenvalue weighted by molar-refractivity contribution is 7.89. The van der Waals surface area contributed by atoms with Crippen LogP contribution in [0.3, 0.4) is 0 Å². The van der Waals surface area contributed by atoms with E-state index in [9.17, 15) is 21.6 Å². The first-order valence-corrected chi connectivity index (χ1v) is 18.0. The molecule has 1 saturated heterocycles. The van der Waals surface area contributed by atoms with Crippen LogP contribution in [0.4, 0.5) is 0 Å². The second kappa shape index (κ2) is 12.5. The van der Waals surface area contributed by atoms with Crippen molar-refractivity contribution >= 4 is 31.2 Å². The summed E-state index contributed by atoms with van der Waals surface area (Å²) >= 11 is 0. The van der Waals surface area contributed by atoms with Gasteiger partial charge in [-0.25, -0.2) is 31.2 Å². The zero-order valence-electron chi connectivity index (χ0n) is 24.6. The fraction of sp³-hybridized carbons (Fsp3) is 0.467. The minimum atomic E-state index is -3.84. The molecular formula is C30H37N7O5S2. The van der Waals surface area contributed by atoms with Gasteiger partial charge >= 0.3 is 0 Å². The molecule has 0 unspecified atom stereocenters. The molecule has 2 aromatic heterocycles. The Hall–Kier alpha value is -3.46. The van der Waals surface area contributed by atoms with Gasteiger partial charge in [0.25, 0.3) is 5.56 Å². The van der Waals surface area contributed by atoms with Crippen molar-refractivity contribution in [2.75, 3.05) is 13.1 Å². The van der Waals surface area contributed by atoms with Gasteiger partial charge < -0.3 is 4.98 Å². The number of hydrogen-bond donors (Lipinski definition) is 2. The first-order chi connectivity index (χ1) is 21.1. The molecule has 4 aromatic rings.